The second-order valence-electron chi connectivity index (χ2n) is 9.13. The molecule has 2 N–H and O–H groups in total. The summed E-state index contributed by atoms with van der Waals surface area (Å²) in [7, 11) is 0. The number of fused-ring (bicyclic) bond motifs is 2. The lowest BCUT2D eigenvalue weighted by atomic mass is 9.94. The number of ether oxygens (including phenoxy) is 2. The van der Waals surface area contributed by atoms with Crippen LogP contribution in [0.4, 0.5) is 5.69 Å². The lowest BCUT2D eigenvalue weighted by molar-refractivity contribution is -0.116. The first-order valence-electron chi connectivity index (χ1n) is 12.1. The maximum absolute atomic E-state index is 12.7. The third-order valence-corrected chi connectivity index (χ3v) is 6.93. The van der Waals surface area contributed by atoms with Crippen LogP contribution >= 0.6 is 12.2 Å². The SMILES string of the molecule is O=C(CCCCCn1c(=S)[nH]c2ccccc2c1=O)Nc1ccc2c(c1)OC1(CCCCC1)O2. The Morgan fingerprint density at radius 3 is 2.68 bits per heavy atom. The number of carbonyl (C=O) groups excluding carboxylic acids is 1. The van der Waals surface area contributed by atoms with Gasteiger partial charge in [0.2, 0.25) is 5.91 Å². The summed E-state index contributed by atoms with van der Waals surface area (Å²) < 4.78 is 14.3. The summed E-state index contributed by atoms with van der Waals surface area (Å²) in [5.74, 6) is 0.907. The van der Waals surface area contributed by atoms with Crippen molar-refractivity contribution in [2.24, 2.45) is 0 Å². The minimum atomic E-state index is -0.515. The van der Waals surface area contributed by atoms with E-state index >= 15 is 0 Å². The minimum absolute atomic E-state index is 0.0357. The van der Waals surface area contributed by atoms with Gasteiger partial charge < -0.3 is 19.8 Å². The van der Waals surface area contributed by atoms with E-state index in [0.29, 0.717) is 34.6 Å². The largest absolute Gasteiger partial charge is 0.448 e. The first-order chi connectivity index (χ1) is 16.5. The van der Waals surface area contributed by atoms with E-state index in [1.54, 1.807) is 10.6 Å². The smallest absolute Gasteiger partial charge is 0.262 e. The summed E-state index contributed by atoms with van der Waals surface area (Å²) in [6, 6.07) is 13.0. The van der Waals surface area contributed by atoms with E-state index in [9.17, 15) is 9.59 Å². The number of nitrogens with zero attached hydrogens (tertiary/aromatic N) is 1. The number of unbranched alkanes of at least 4 members (excludes halogenated alkanes) is 2. The Kier molecular flexibility index (Phi) is 6.41. The normalized spacial score (nSPS) is 16.1. The Hall–Kier alpha value is -3.13. The lowest BCUT2D eigenvalue weighted by Crippen LogP contribution is -2.40. The maximum atomic E-state index is 12.7. The van der Waals surface area contributed by atoms with E-state index in [-0.39, 0.29) is 11.5 Å². The molecule has 8 heteroatoms. The number of hydrogen-bond donors (Lipinski definition) is 2. The monoisotopic (exact) mass is 479 g/mol. The molecule has 1 fully saturated rings. The zero-order valence-corrected chi connectivity index (χ0v) is 19.9. The van der Waals surface area contributed by atoms with E-state index in [1.165, 1.54) is 6.42 Å². The summed E-state index contributed by atoms with van der Waals surface area (Å²) >= 11 is 5.36. The van der Waals surface area contributed by atoms with Gasteiger partial charge in [-0.2, -0.15) is 0 Å². The Morgan fingerprint density at radius 1 is 1.03 bits per heavy atom. The predicted molar refractivity (Wildman–Crippen MR) is 134 cm³/mol. The number of benzene rings is 2. The van der Waals surface area contributed by atoms with Gasteiger partial charge in [-0.1, -0.05) is 25.0 Å². The molecule has 3 aromatic rings. The van der Waals surface area contributed by atoms with Crippen LogP contribution in [0.1, 0.15) is 57.8 Å². The van der Waals surface area contributed by atoms with Gasteiger partial charge in [0.05, 0.1) is 10.9 Å². The second-order valence-corrected chi connectivity index (χ2v) is 9.52. The lowest BCUT2D eigenvalue weighted by Gasteiger charge is -2.31. The Labute approximate surface area is 203 Å². The number of anilines is 1. The number of aromatic nitrogens is 2. The number of hydrogen-bond acceptors (Lipinski definition) is 5. The first-order valence-corrected chi connectivity index (χ1v) is 12.5. The van der Waals surface area contributed by atoms with Gasteiger partial charge in [-0.05, 0) is 62.2 Å². The van der Waals surface area contributed by atoms with Crippen molar-refractivity contribution in [3.8, 4) is 11.5 Å². The van der Waals surface area contributed by atoms with Crippen molar-refractivity contribution in [3.63, 3.8) is 0 Å². The van der Waals surface area contributed by atoms with E-state index in [1.807, 2.05) is 36.4 Å². The van der Waals surface area contributed by atoms with Gasteiger partial charge in [-0.3, -0.25) is 14.2 Å². The molecule has 7 nitrogen and oxygen atoms in total. The van der Waals surface area contributed by atoms with E-state index in [4.69, 9.17) is 21.7 Å². The molecule has 0 radical (unpaired) electrons. The zero-order chi connectivity index (χ0) is 23.5. The minimum Gasteiger partial charge on any atom is -0.448 e. The highest BCUT2D eigenvalue weighted by molar-refractivity contribution is 7.71. The first kappa shape index (κ1) is 22.7. The molecule has 1 aliphatic carbocycles. The van der Waals surface area contributed by atoms with Gasteiger partial charge in [-0.25, -0.2) is 0 Å². The summed E-state index contributed by atoms with van der Waals surface area (Å²) in [4.78, 5) is 28.2. The molecule has 1 spiro atoms. The number of para-hydroxylation sites is 1. The van der Waals surface area contributed by atoms with E-state index < -0.39 is 5.79 Å². The molecule has 0 saturated heterocycles. The van der Waals surface area contributed by atoms with Gasteiger partial charge in [0.25, 0.3) is 11.3 Å². The molecule has 1 amide bonds. The van der Waals surface area contributed by atoms with Crippen LogP contribution in [0.2, 0.25) is 0 Å². The Morgan fingerprint density at radius 2 is 1.82 bits per heavy atom. The fourth-order valence-electron chi connectivity index (χ4n) is 4.82. The van der Waals surface area contributed by atoms with Crippen molar-refractivity contribution in [3.05, 3.63) is 57.6 Å². The van der Waals surface area contributed by atoms with Gasteiger partial charge in [0.1, 0.15) is 0 Å². The highest BCUT2D eigenvalue weighted by Gasteiger charge is 2.42. The summed E-state index contributed by atoms with van der Waals surface area (Å²) in [6.07, 6.45) is 7.99. The zero-order valence-electron chi connectivity index (χ0n) is 19.1. The molecule has 2 aliphatic rings. The maximum Gasteiger partial charge on any atom is 0.262 e. The van der Waals surface area contributed by atoms with Crippen LogP contribution in [0.15, 0.2) is 47.3 Å². The van der Waals surface area contributed by atoms with Crippen LogP contribution in [0, 0.1) is 4.77 Å². The fraction of sp³-hybridized carbons (Fsp3) is 0.423. The molecule has 0 bridgehead atoms. The molecule has 2 aromatic carbocycles. The number of H-pyrrole nitrogens is 1. The van der Waals surface area contributed by atoms with Crippen LogP contribution < -0.4 is 20.3 Å². The molecule has 1 aromatic heterocycles. The third kappa shape index (κ3) is 4.73. The molecule has 178 valence electrons. The van der Waals surface area contributed by atoms with Crippen LogP contribution in [-0.2, 0) is 11.3 Å². The number of aromatic amines is 1. The van der Waals surface area contributed by atoms with Crippen molar-refractivity contribution in [2.45, 2.75) is 70.1 Å². The van der Waals surface area contributed by atoms with Gasteiger partial charge in [-0.15, -0.1) is 0 Å². The predicted octanol–water partition coefficient (Wildman–Crippen LogP) is 5.69. The van der Waals surface area contributed by atoms with Gasteiger partial charge in [0.15, 0.2) is 16.3 Å². The fourth-order valence-corrected chi connectivity index (χ4v) is 5.11. The molecule has 1 aliphatic heterocycles. The van der Waals surface area contributed by atoms with Crippen molar-refractivity contribution in [2.75, 3.05) is 5.32 Å². The van der Waals surface area contributed by atoms with Gasteiger partial charge in [0, 0.05) is 37.6 Å². The van der Waals surface area contributed by atoms with Crippen molar-refractivity contribution >= 4 is 34.7 Å². The summed E-state index contributed by atoms with van der Waals surface area (Å²) in [6.45, 7) is 0.532. The average Bonchev–Trinajstić information content (AvgIpc) is 3.17. The summed E-state index contributed by atoms with van der Waals surface area (Å²) in [5.41, 5.74) is 1.40. The van der Waals surface area contributed by atoms with Crippen LogP contribution in [0.5, 0.6) is 11.5 Å². The quantitative estimate of drug-likeness (QED) is 0.336. The van der Waals surface area contributed by atoms with Crippen LogP contribution in [0.25, 0.3) is 10.9 Å². The number of amides is 1. The molecule has 2 heterocycles. The van der Waals surface area contributed by atoms with Crippen molar-refractivity contribution in [1.82, 2.24) is 9.55 Å². The Bertz CT molecular complexity index is 1320. The molecule has 5 rings (SSSR count). The summed E-state index contributed by atoms with van der Waals surface area (Å²) in [5, 5.41) is 3.59. The molecule has 0 atom stereocenters. The van der Waals surface area contributed by atoms with Crippen LogP contribution in [-0.4, -0.2) is 21.2 Å². The van der Waals surface area contributed by atoms with Crippen LogP contribution in [0.3, 0.4) is 0 Å². The van der Waals surface area contributed by atoms with Crippen molar-refractivity contribution < 1.29 is 14.3 Å². The molecule has 34 heavy (non-hydrogen) atoms. The molecular weight excluding hydrogens is 450 g/mol. The molecule has 0 unspecified atom stereocenters. The number of carbonyl (C=O) groups is 1. The topological polar surface area (TPSA) is 85.4 Å². The highest BCUT2D eigenvalue weighted by Crippen LogP contribution is 2.46. The third-order valence-electron chi connectivity index (χ3n) is 6.61. The number of nitrogens with one attached hydrogen (secondary N) is 2. The van der Waals surface area contributed by atoms with Gasteiger partial charge >= 0.3 is 0 Å². The second kappa shape index (κ2) is 9.62. The highest BCUT2D eigenvalue weighted by atomic mass is 32.1. The standard InChI is InChI=1S/C26H29N3O4S/c30-23(27-18-12-13-21-22(17-18)33-26(32-21)14-6-2-7-15-26)11-3-1-8-16-29-24(31)19-9-4-5-10-20(19)28-25(29)34/h4-5,9-10,12-13,17H,1-3,6-8,11,14-16H2,(H,27,30)(H,28,34). The Balaban J connectivity index is 1.10. The molecule has 1 saturated carbocycles. The van der Waals surface area contributed by atoms with E-state index in [0.717, 1.165) is 56.2 Å². The average molecular weight is 480 g/mol. The molecular formula is C26H29N3O4S. The van der Waals surface area contributed by atoms with E-state index in [2.05, 4.69) is 10.3 Å². The number of rotatable bonds is 7. The van der Waals surface area contributed by atoms with Crippen molar-refractivity contribution in [1.29, 1.82) is 0 Å².